The summed E-state index contributed by atoms with van der Waals surface area (Å²) in [7, 11) is 0. The van der Waals surface area contributed by atoms with Crippen LogP contribution >= 0.6 is 0 Å². The Hall–Kier alpha value is -2.37. The minimum Gasteiger partial charge on any atom is -0.351 e. The van der Waals surface area contributed by atoms with Crippen LogP contribution in [0.2, 0.25) is 0 Å². The molecule has 88 valence electrons. The summed E-state index contributed by atoms with van der Waals surface area (Å²) in [6, 6.07) is 5.83. The Morgan fingerprint density at radius 3 is 2.76 bits per heavy atom. The third-order valence-electron chi connectivity index (χ3n) is 2.51. The highest BCUT2D eigenvalue weighted by molar-refractivity contribution is 6.13. The summed E-state index contributed by atoms with van der Waals surface area (Å²) in [6.07, 6.45) is 0. The third-order valence-corrected chi connectivity index (χ3v) is 2.51. The molecule has 1 fully saturated rings. The third kappa shape index (κ3) is 2.25. The number of carbonyl (C=O) groups excluding carboxylic acids is 3. The van der Waals surface area contributed by atoms with Crippen molar-refractivity contribution in [1.82, 2.24) is 5.32 Å². The smallest absolute Gasteiger partial charge is 0.316 e. The van der Waals surface area contributed by atoms with Crippen molar-refractivity contribution in [3.05, 3.63) is 29.8 Å². The highest BCUT2D eigenvalue weighted by Crippen LogP contribution is 2.23. The van der Waals surface area contributed by atoms with Crippen LogP contribution in [-0.4, -0.2) is 24.3 Å². The molecule has 0 radical (unpaired) electrons. The molecule has 1 unspecified atom stereocenters. The van der Waals surface area contributed by atoms with E-state index in [2.05, 4.69) is 10.6 Å². The molecule has 1 aliphatic rings. The summed E-state index contributed by atoms with van der Waals surface area (Å²) >= 11 is 0. The van der Waals surface area contributed by atoms with Crippen LogP contribution in [0.5, 0.6) is 0 Å². The fourth-order valence-corrected chi connectivity index (χ4v) is 1.80. The fraction of sp³-hybridized carbons (Fsp3) is 0.182. The number of carbonyl (C=O) groups is 3. The van der Waals surface area contributed by atoms with Gasteiger partial charge in [0, 0.05) is 5.69 Å². The molecule has 0 aromatic heterocycles. The molecule has 1 atom stereocenters. The van der Waals surface area contributed by atoms with Gasteiger partial charge in [0.2, 0.25) is 5.91 Å². The van der Waals surface area contributed by atoms with Gasteiger partial charge in [-0.1, -0.05) is 12.1 Å². The number of hydrogen-bond acceptors (Lipinski definition) is 3. The average Bonchev–Trinajstić information content (AvgIpc) is 2.58. The van der Waals surface area contributed by atoms with Crippen LogP contribution in [0.25, 0.3) is 0 Å². The molecule has 0 saturated carbocycles. The minimum absolute atomic E-state index is 0.0526. The van der Waals surface area contributed by atoms with E-state index in [0.717, 1.165) is 0 Å². The summed E-state index contributed by atoms with van der Waals surface area (Å²) in [5, 5.41) is 4.87. The first-order chi connectivity index (χ1) is 8.08. The molecule has 17 heavy (non-hydrogen) atoms. The zero-order valence-electron chi connectivity index (χ0n) is 8.90. The number of amides is 3. The molecule has 1 aromatic rings. The Bertz CT molecular complexity index is 482. The Balaban J connectivity index is 2.29. The van der Waals surface area contributed by atoms with Gasteiger partial charge in [-0.15, -0.1) is 0 Å². The first-order valence-corrected chi connectivity index (χ1v) is 5.05. The van der Waals surface area contributed by atoms with Crippen LogP contribution in [0.15, 0.2) is 24.3 Å². The predicted molar refractivity (Wildman–Crippen MR) is 60.4 cm³/mol. The topological polar surface area (TPSA) is 101 Å². The molecule has 1 aromatic carbocycles. The molecule has 0 aliphatic carbocycles. The quantitative estimate of drug-likeness (QED) is 0.624. The van der Waals surface area contributed by atoms with Gasteiger partial charge in [-0.2, -0.15) is 0 Å². The minimum atomic E-state index is -0.787. The normalized spacial score (nSPS) is 18.9. The van der Waals surface area contributed by atoms with Crippen molar-refractivity contribution in [2.24, 2.45) is 5.73 Å². The number of rotatable bonds is 2. The van der Waals surface area contributed by atoms with Gasteiger partial charge < -0.3 is 16.4 Å². The van der Waals surface area contributed by atoms with Crippen LogP contribution in [0.1, 0.15) is 11.5 Å². The fourth-order valence-electron chi connectivity index (χ4n) is 1.80. The van der Waals surface area contributed by atoms with E-state index in [4.69, 9.17) is 5.73 Å². The molecule has 1 heterocycles. The molecule has 0 bridgehead atoms. The Morgan fingerprint density at radius 1 is 1.41 bits per heavy atom. The molecule has 2 rings (SSSR count). The Morgan fingerprint density at radius 2 is 2.18 bits per heavy atom. The van der Waals surface area contributed by atoms with Crippen molar-refractivity contribution in [2.75, 3.05) is 11.9 Å². The number of hydrogen-bond donors (Lipinski definition) is 3. The second-order valence-electron chi connectivity index (χ2n) is 3.73. The van der Waals surface area contributed by atoms with Crippen LogP contribution in [0.3, 0.4) is 0 Å². The summed E-state index contributed by atoms with van der Waals surface area (Å²) in [4.78, 5) is 33.7. The van der Waals surface area contributed by atoms with Crippen LogP contribution in [0.4, 0.5) is 10.5 Å². The molecule has 1 saturated heterocycles. The summed E-state index contributed by atoms with van der Waals surface area (Å²) in [5.41, 5.74) is 6.00. The van der Waals surface area contributed by atoms with E-state index >= 15 is 0 Å². The second-order valence-corrected chi connectivity index (χ2v) is 3.73. The highest BCUT2D eigenvalue weighted by atomic mass is 16.2. The van der Waals surface area contributed by atoms with Crippen LogP contribution < -0.4 is 16.4 Å². The van der Waals surface area contributed by atoms with Gasteiger partial charge in [0.25, 0.3) is 0 Å². The van der Waals surface area contributed by atoms with Crippen molar-refractivity contribution < 1.29 is 14.4 Å². The maximum atomic E-state index is 11.5. The second kappa shape index (κ2) is 4.25. The molecule has 6 nitrogen and oxygen atoms in total. The van der Waals surface area contributed by atoms with E-state index in [1.807, 2.05) is 0 Å². The zero-order chi connectivity index (χ0) is 12.4. The van der Waals surface area contributed by atoms with Gasteiger partial charge >= 0.3 is 6.03 Å². The van der Waals surface area contributed by atoms with E-state index in [0.29, 0.717) is 11.3 Å². The lowest BCUT2D eigenvalue weighted by atomic mass is 9.96. The molecule has 6 heteroatoms. The standard InChI is InChI=1S/C11H11N3O3/c12-11(17)14-7-3-1-2-6(4-7)9-8(15)5-13-10(9)16/h1-4,9H,5H2,(H,13,16)(H3,12,14,17). The largest absolute Gasteiger partial charge is 0.351 e. The summed E-state index contributed by atoms with van der Waals surface area (Å²) in [6.45, 7) is 0.0526. The highest BCUT2D eigenvalue weighted by Gasteiger charge is 2.34. The van der Waals surface area contributed by atoms with Gasteiger partial charge in [0.05, 0.1) is 6.54 Å². The Kier molecular flexibility index (Phi) is 2.78. The molecular weight excluding hydrogens is 222 g/mol. The first-order valence-electron chi connectivity index (χ1n) is 5.05. The number of nitrogens with one attached hydrogen (secondary N) is 2. The maximum absolute atomic E-state index is 11.5. The zero-order valence-corrected chi connectivity index (χ0v) is 8.90. The van der Waals surface area contributed by atoms with Crippen LogP contribution in [0, 0.1) is 0 Å². The van der Waals surface area contributed by atoms with Crippen LogP contribution in [-0.2, 0) is 9.59 Å². The van der Waals surface area contributed by atoms with E-state index < -0.39 is 11.9 Å². The lowest BCUT2D eigenvalue weighted by molar-refractivity contribution is -0.124. The summed E-state index contributed by atoms with van der Waals surface area (Å²) in [5.74, 6) is -1.28. The average molecular weight is 233 g/mol. The predicted octanol–water partition coefficient (Wildman–Crippen LogP) is -0.0403. The number of ketones is 1. The lowest BCUT2D eigenvalue weighted by Gasteiger charge is -2.08. The van der Waals surface area contributed by atoms with Crippen molar-refractivity contribution in [3.8, 4) is 0 Å². The Labute approximate surface area is 97.2 Å². The first kappa shape index (κ1) is 11.1. The SMILES string of the molecule is NC(=O)Nc1cccc(C2C(=O)CNC2=O)c1. The maximum Gasteiger partial charge on any atom is 0.316 e. The molecule has 1 aliphatic heterocycles. The molecule has 4 N–H and O–H groups in total. The van der Waals surface area contributed by atoms with Gasteiger partial charge in [0.15, 0.2) is 5.78 Å². The van der Waals surface area contributed by atoms with E-state index in [9.17, 15) is 14.4 Å². The van der Waals surface area contributed by atoms with Gasteiger partial charge in [-0.3, -0.25) is 9.59 Å². The monoisotopic (exact) mass is 233 g/mol. The number of urea groups is 1. The van der Waals surface area contributed by atoms with Crippen molar-refractivity contribution >= 4 is 23.4 Å². The number of anilines is 1. The van der Waals surface area contributed by atoms with E-state index in [1.54, 1.807) is 24.3 Å². The van der Waals surface area contributed by atoms with Gasteiger partial charge in [-0.25, -0.2) is 4.79 Å². The number of nitrogens with two attached hydrogens (primary N) is 1. The van der Waals surface area contributed by atoms with Crippen molar-refractivity contribution in [3.63, 3.8) is 0 Å². The van der Waals surface area contributed by atoms with E-state index in [1.165, 1.54) is 0 Å². The number of benzene rings is 1. The van der Waals surface area contributed by atoms with Crippen molar-refractivity contribution in [1.29, 1.82) is 0 Å². The molecule has 0 spiro atoms. The lowest BCUT2D eigenvalue weighted by Crippen LogP contribution is -2.20. The number of Topliss-reactive ketones (excluding diaryl/α,β-unsaturated/α-hetero) is 1. The van der Waals surface area contributed by atoms with Crippen molar-refractivity contribution in [2.45, 2.75) is 5.92 Å². The van der Waals surface area contributed by atoms with Gasteiger partial charge in [0.1, 0.15) is 5.92 Å². The van der Waals surface area contributed by atoms with E-state index in [-0.39, 0.29) is 18.2 Å². The van der Waals surface area contributed by atoms with Gasteiger partial charge in [-0.05, 0) is 17.7 Å². The molecular formula is C11H11N3O3. The number of primary amides is 1. The summed E-state index contributed by atoms with van der Waals surface area (Å²) < 4.78 is 0. The molecule has 3 amide bonds.